The second-order valence-electron chi connectivity index (χ2n) is 3.70. The minimum Gasteiger partial charge on any atom is -0.462 e. The number of esters is 1. The second kappa shape index (κ2) is 6.03. The Morgan fingerprint density at radius 3 is 2.59 bits per heavy atom. The van der Waals surface area contributed by atoms with Gasteiger partial charge < -0.3 is 10.5 Å². The fourth-order valence-corrected chi connectivity index (χ4v) is 1.49. The molecule has 0 saturated carbocycles. The Kier molecular flexibility index (Phi) is 4.69. The molecule has 0 bridgehead atoms. The number of ketones is 1. The first kappa shape index (κ1) is 13.2. The van der Waals surface area contributed by atoms with Gasteiger partial charge in [-0.3, -0.25) is 4.79 Å². The lowest BCUT2D eigenvalue weighted by Gasteiger charge is -2.07. The van der Waals surface area contributed by atoms with Crippen molar-refractivity contribution in [3.63, 3.8) is 0 Å². The van der Waals surface area contributed by atoms with E-state index in [1.807, 2.05) is 6.92 Å². The fourth-order valence-electron chi connectivity index (χ4n) is 1.49. The number of Topliss-reactive ketones (excluding diaryl/α,β-unsaturated/α-hetero) is 1. The third-order valence-electron chi connectivity index (χ3n) is 2.35. The van der Waals surface area contributed by atoms with Crippen LogP contribution in [0.25, 0.3) is 0 Å². The molecule has 0 fully saturated rings. The first-order valence-electron chi connectivity index (χ1n) is 5.70. The number of carbonyl (C=O) groups is 2. The summed E-state index contributed by atoms with van der Waals surface area (Å²) in [5, 5.41) is 0. The van der Waals surface area contributed by atoms with E-state index in [9.17, 15) is 9.59 Å². The number of anilines is 1. The molecule has 0 aliphatic heterocycles. The third-order valence-corrected chi connectivity index (χ3v) is 2.35. The molecule has 1 aromatic carbocycles. The Balaban J connectivity index is 3.02. The van der Waals surface area contributed by atoms with Gasteiger partial charge in [0.15, 0.2) is 5.78 Å². The van der Waals surface area contributed by atoms with Crippen molar-refractivity contribution in [2.75, 3.05) is 12.3 Å². The van der Waals surface area contributed by atoms with Crippen LogP contribution in [-0.2, 0) is 4.74 Å². The average Bonchev–Trinajstić information content (AvgIpc) is 2.30. The van der Waals surface area contributed by atoms with E-state index in [0.29, 0.717) is 17.7 Å². The topological polar surface area (TPSA) is 69.4 Å². The Morgan fingerprint density at radius 2 is 2.00 bits per heavy atom. The van der Waals surface area contributed by atoms with Crippen LogP contribution in [0.2, 0.25) is 0 Å². The van der Waals surface area contributed by atoms with Gasteiger partial charge in [0.25, 0.3) is 0 Å². The van der Waals surface area contributed by atoms with Gasteiger partial charge in [0.1, 0.15) is 0 Å². The van der Waals surface area contributed by atoms with Crippen molar-refractivity contribution in [2.45, 2.75) is 26.7 Å². The zero-order valence-electron chi connectivity index (χ0n) is 10.2. The van der Waals surface area contributed by atoms with Gasteiger partial charge in [-0.15, -0.1) is 0 Å². The molecule has 2 N–H and O–H groups in total. The van der Waals surface area contributed by atoms with E-state index in [0.717, 1.165) is 6.42 Å². The Hall–Kier alpha value is -1.84. The van der Waals surface area contributed by atoms with Gasteiger partial charge in [-0.1, -0.05) is 6.92 Å². The van der Waals surface area contributed by atoms with Gasteiger partial charge in [0, 0.05) is 17.7 Å². The highest BCUT2D eigenvalue weighted by Gasteiger charge is 2.14. The molecule has 4 nitrogen and oxygen atoms in total. The van der Waals surface area contributed by atoms with Gasteiger partial charge in [-0.05, 0) is 31.5 Å². The lowest BCUT2D eigenvalue weighted by molar-refractivity contribution is 0.0527. The van der Waals surface area contributed by atoms with Gasteiger partial charge in [-0.25, -0.2) is 4.79 Å². The molecule has 4 heteroatoms. The summed E-state index contributed by atoms with van der Waals surface area (Å²) in [7, 11) is 0. The molecule has 0 amide bonds. The Labute approximate surface area is 101 Å². The van der Waals surface area contributed by atoms with E-state index < -0.39 is 5.97 Å². The molecule has 0 aromatic heterocycles. The number of carbonyl (C=O) groups excluding carboxylic acids is 2. The van der Waals surface area contributed by atoms with E-state index >= 15 is 0 Å². The minimum atomic E-state index is -0.490. The smallest absolute Gasteiger partial charge is 0.340 e. The van der Waals surface area contributed by atoms with Crippen LogP contribution in [0, 0.1) is 0 Å². The number of hydrogen-bond acceptors (Lipinski definition) is 4. The second-order valence-corrected chi connectivity index (χ2v) is 3.70. The molecule has 0 saturated heterocycles. The van der Waals surface area contributed by atoms with E-state index in [-0.39, 0.29) is 18.0 Å². The third kappa shape index (κ3) is 3.31. The first-order chi connectivity index (χ1) is 8.10. The molecule has 0 heterocycles. The van der Waals surface area contributed by atoms with Crippen molar-refractivity contribution in [3.05, 3.63) is 29.3 Å². The van der Waals surface area contributed by atoms with Crippen LogP contribution in [-0.4, -0.2) is 18.4 Å². The molecule has 0 atom stereocenters. The molecule has 1 rings (SSSR count). The predicted molar refractivity (Wildman–Crippen MR) is 66.0 cm³/mol. The van der Waals surface area contributed by atoms with Crippen LogP contribution in [0.1, 0.15) is 47.4 Å². The quantitative estimate of drug-likeness (QED) is 0.483. The Morgan fingerprint density at radius 1 is 1.29 bits per heavy atom. The molecule has 17 heavy (non-hydrogen) atoms. The summed E-state index contributed by atoms with van der Waals surface area (Å²) in [4.78, 5) is 23.3. The number of rotatable bonds is 5. The molecule has 0 aliphatic carbocycles. The summed E-state index contributed by atoms with van der Waals surface area (Å²) in [5.74, 6) is -0.478. The minimum absolute atomic E-state index is 0.0121. The molecule has 0 unspecified atom stereocenters. The molecular weight excluding hydrogens is 218 g/mol. The van der Waals surface area contributed by atoms with Crippen LogP contribution >= 0.6 is 0 Å². The molecule has 0 spiro atoms. The SMILES string of the molecule is CCCC(=O)c1ccc(N)c(C(=O)OCC)c1. The van der Waals surface area contributed by atoms with E-state index in [4.69, 9.17) is 10.5 Å². The monoisotopic (exact) mass is 235 g/mol. The average molecular weight is 235 g/mol. The van der Waals surface area contributed by atoms with Crippen LogP contribution in [0.5, 0.6) is 0 Å². The largest absolute Gasteiger partial charge is 0.462 e. The normalized spacial score (nSPS) is 10.0. The van der Waals surface area contributed by atoms with Gasteiger partial charge in [0.05, 0.1) is 12.2 Å². The van der Waals surface area contributed by atoms with Crippen molar-refractivity contribution in [2.24, 2.45) is 0 Å². The number of benzene rings is 1. The van der Waals surface area contributed by atoms with Gasteiger partial charge >= 0.3 is 5.97 Å². The Bertz CT molecular complexity index is 427. The van der Waals surface area contributed by atoms with Crippen molar-refractivity contribution in [1.29, 1.82) is 0 Å². The summed E-state index contributed by atoms with van der Waals surface area (Å²) >= 11 is 0. The highest BCUT2D eigenvalue weighted by atomic mass is 16.5. The number of nitrogen functional groups attached to an aromatic ring is 1. The van der Waals surface area contributed by atoms with E-state index in [2.05, 4.69) is 0 Å². The molecule has 0 aliphatic rings. The summed E-state index contributed by atoms with van der Waals surface area (Å²) < 4.78 is 4.87. The molecule has 1 aromatic rings. The predicted octanol–water partition coefficient (Wildman–Crippen LogP) is 2.43. The fraction of sp³-hybridized carbons (Fsp3) is 0.385. The number of nitrogens with two attached hydrogens (primary N) is 1. The maximum atomic E-state index is 11.7. The standard InChI is InChI=1S/C13H17NO3/c1-3-5-12(15)9-6-7-11(14)10(8-9)13(16)17-4-2/h6-8H,3-5,14H2,1-2H3. The lowest BCUT2D eigenvalue weighted by atomic mass is 10.0. The highest BCUT2D eigenvalue weighted by molar-refractivity contribution is 6.01. The summed E-state index contributed by atoms with van der Waals surface area (Å²) in [6, 6.07) is 4.70. The van der Waals surface area contributed by atoms with Crippen LogP contribution in [0.3, 0.4) is 0 Å². The van der Waals surface area contributed by atoms with Crippen LogP contribution in [0.15, 0.2) is 18.2 Å². The summed E-state index contributed by atoms with van der Waals surface area (Å²) in [6.07, 6.45) is 1.24. The molecule has 92 valence electrons. The van der Waals surface area contributed by atoms with Gasteiger partial charge in [-0.2, -0.15) is 0 Å². The first-order valence-corrected chi connectivity index (χ1v) is 5.70. The summed E-state index contributed by atoms with van der Waals surface area (Å²) in [5.41, 5.74) is 6.77. The molecule has 0 radical (unpaired) electrons. The maximum absolute atomic E-state index is 11.7. The lowest BCUT2D eigenvalue weighted by Crippen LogP contribution is -2.10. The van der Waals surface area contributed by atoms with E-state index in [1.54, 1.807) is 19.1 Å². The van der Waals surface area contributed by atoms with Crippen LogP contribution in [0.4, 0.5) is 5.69 Å². The van der Waals surface area contributed by atoms with Crippen LogP contribution < -0.4 is 5.73 Å². The number of hydrogen-bond donors (Lipinski definition) is 1. The van der Waals surface area contributed by atoms with Crippen molar-refractivity contribution in [1.82, 2.24) is 0 Å². The van der Waals surface area contributed by atoms with Crippen molar-refractivity contribution in [3.8, 4) is 0 Å². The summed E-state index contributed by atoms with van der Waals surface area (Å²) in [6.45, 7) is 3.94. The van der Waals surface area contributed by atoms with Crippen molar-refractivity contribution < 1.29 is 14.3 Å². The zero-order valence-corrected chi connectivity index (χ0v) is 10.2. The van der Waals surface area contributed by atoms with Gasteiger partial charge in [0.2, 0.25) is 0 Å². The maximum Gasteiger partial charge on any atom is 0.340 e. The highest BCUT2D eigenvalue weighted by Crippen LogP contribution is 2.17. The van der Waals surface area contributed by atoms with E-state index in [1.165, 1.54) is 6.07 Å². The molecular formula is C13H17NO3. The zero-order chi connectivity index (χ0) is 12.8. The van der Waals surface area contributed by atoms with Crippen molar-refractivity contribution >= 4 is 17.4 Å². The number of ether oxygens (including phenoxy) is 1.